The number of rotatable bonds is 4. The summed E-state index contributed by atoms with van der Waals surface area (Å²) >= 11 is 0. The molecule has 1 aromatic heterocycles. The summed E-state index contributed by atoms with van der Waals surface area (Å²) in [6.45, 7) is 8.08. The van der Waals surface area contributed by atoms with E-state index in [1.54, 1.807) is 0 Å². The van der Waals surface area contributed by atoms with Crippen molar-refractivity contribution in [3.8, 4) is 0 Å². The molecule has 0 aromatic carbocycles. The standard InChI is InChI=1S/C16H26N2O2/c1-11(15-12(2)18-20-13(15)3)10-14(19)17-16(4)8-6-5-7-9-16/h11H,5-10H2,1-4H3,(H,17,19). The monoisotopic (exact) mass is 278 g/mol. The Morgan fingerprint density at radius 2 is 2.00 bits per heavy atom. The van der Waals surface area contributed by atoms with E-state index in [0.717, 1.165) is 29.9 Å². The number of hydrogen-bond donors (Lipinski definition) is 1. The Morgan fingerprint density at radius 3 is 2.55 bits per heavy atom. The van der Waals surface area contributed by atoms with Crippen LogP contribution in [0.15, 0.2) is 4.52 Å². The lowest BCUT2D eigenvalue weighted by molar-refractivity contribution is -0.123. The van der Waals surface area contributed by atoms with Crippen molar-refractivity contribution in [2.45, 2.75) is 77.7 Å². The van der Waals surface area contributed by atoms with Gasteiger partial charge in [-0.2, -0.15) is 0 Å². The summed E-state index contributed by atoms with van der Waals surface area (Å²) < 4.78 is 5.19. The summed E-state index contributed by atoms with van der Waals surface area (Å²) in [6, 6.07) is 0. The molecule has 1 N–H and O–H groups in total. The van der Waals surface area contributed by atoms with Crippen molar-refractivity contribution in [1.29, 1.82) is 0 Å². The van der Waals surface area contributed by atoms with Gasteiger partial charge in [0.25, 0.3) is 0 Å². The lowest BCUT2D eigenvalue weighted by Gasteiger charge is -2.34. The Balaban J connectivity index is 1.94. The molecule has 0 radical (unpaired) electrons. The fourth-order valence-corrected chi connectivity index (χ4v) is 3.42. The third-order valence-electron chi connectivity index (χ3n) is 4.47. The number of amides is 1. The van der Waals surface area contributed by atoms with Crippen LogP contribution in [0.4, 0.5) is 0 Å². The first kappa shape index (κ1) is 15.1. The molecule has 1 amide bonds. The molecular formula is C16H26N2O2. The van der Waals surface area contributed by atoms with Crippen LogP contribution in [0, 0.1) is 13.8 Å². The Labute approximate surface area is 121 Å². The SMILES string of the molecule is Cc1noc(C)c1C(C)CC(=O)NC1(C)CCCCC1. The van der Waals surface area contributed by atoms with E-state index >= 15 is 0 Å². The van der Waals surface area contributed by atoms with Crippen LogP contribution in [0.1, 0.15) is 75.3 Å². The quantitative estimate of drug-likeness (QED) is 0.915. The molecule has 0 saturated heterocycles. The maximum Gasteiger partial charge on any atom is 0.221 e. The number of nitrogens with zero attached hydrogens (tertiary/aromatic N) is 1. The van der Waals surface area contributed by atoms with Gasteiger partial charge in [0.15, 0.2) is 0 Å². The van der Waals surface area contributed by atoms with E-state index in [2.05, 4.69) is 24.3 Å². The van der Waals surface area contributed by atoms with E-state index in [1.807, 2.05) is 13.8 Å². The summed E-state index contributed by atoms with van der Waals surface area (Å²) in [5, 5.41) is 7.20. The second kappa shape index (κ2) is 5.98. The fraction of sp³-hybridized carbons (Fsp3) is 0.750. The molecule has 1 saturated carbocycles. The van der Waals surface area contributed by atoms with Gasteiger partial charge in [-0.05, 0) is 39.5 Å². The highest BCUT2D eigenvalue weighted by atomic mass is 16.5. The predicted octanol–water partition coefficient (Wildman–Crippen LogP) is 3.62. The zero-order valence-electron chi connectivity index (χ0n) is 13.1. The molecule has 2 rings (SSSR count). The Kier molecular flexibility index (Phi) is 4.51. The van der Waals surface area contributed by atoms with Gasteiger partial charge in [-0.15, -0.1) is 0 Å². The third kappa shape index (κ3) is 3.41. The zero-order valence-corrected chi connectivity index (χ0v) is 13.1. The van der Waals surface area contributed by atoms with Crippen molar-refractivity contribution in [3.05, 3.63) is 17.0 Å². The topological polar surface area (TPSA) is 55.1 Å². The van der Waals surface area contributed by atoms with Crippen molar-refractivity contribution in [3.63, 3.8) is 0 Å². The van der Waals surface area contributed by atoms with Crippen LogP contribution in [0.3, 0.4) is 0 Å². The van der Waals surface area contributed by atoms with E-state index in [1.165, 1.54) is 19.3 Å². The molecule has 1 heterocycles. The van der Waals surface area contributed by atoms with Crippen LogP contribution in [0.2, 0.25) is 0 Å². The van der Waals surface area contributed by atoms with Crippen molar-refractivity contribution in [1.82, 2.24) is 10.5 Å². The number of hydrogen-bond acceptors (Lipinski definition) is 3. The van der Waals surface area contributed by atoms with Gasteiger partial charge in [-0.25, -0.2) is 0 Å². The van der Waals surface area contributed by atoms with E-state index in [9.17, 15) is 4.79 Å². The van der Waals surface area contributed by atoms with Crippen LogP contribution in [-0.4, -0.2) is 16.6 Å². The second-order valence-corrected chi connectivity index (χ2v) is 6.51. The average molecular weight is 278 g/mol. The molecule has 112 valence electrons. The number of carbonyl (C=O) groups excluding carboxylic acids is 1. The maximum absolute atomic E-state index is 12.3. The molecule has 1 unspecified atom stereocenters. The molecule has 1 aromatic rings. The molecule has 20 heavy (non-hydrogen) atoms. The summed E-state index contributed by atoms with van der Waals surface area (Å²) in [4.78, 5) is 12.3. The Morgan fingerprint density at radius 1 is 1.35 bits per heavy atom. The summed E-state index contributed by atoms with van der Waals surface area (Å²) in [6.07, 6.45) is 6.42. The van der Waals surface area contributed by atoms with E-state index in [0.29, 0.717) is 6.42 Å². The van der Waals surface area contributed by atoms with Gasteiger partial charge in [-0.3, -0.25) is 4.79 Å². The largest absolute Gasteiger partial charge is 0.361 e. The molecule has 1 aliphatic rings. The van der Waals surface area contributed by atoms with Gasteiger partial charge < -0.3 is 9.84 Å². The van der Waals surface area contributed by atoms with Gasteiger partial charge in [-0.1, -0.05) is 31.3 Å². The van der Waals surface area contributed by atoms with E-state index < -0.39 is 0 Å². The normalized spacial score (nSPS) is 19.6. The van der Waals surface area contributed by atoms with Gasteiger partial charge in [0, 0.05) is 17.5 Å². The number of carbonyl (C=O) groups is 1. The van der Waals surface area contributed by atoms with Gasteiger partial charge >= 0.3 is 0 Å². The lowest BCUT2D eigenvalue weighted by Crippen LogP contribution is -2.47. The first-order valence-electron chi connectivity index (χ1n) is 7.65. The number of aryl methyl sites for hydroxylation is 2. The first-order valence-corrected chi connectivity index (χ1v) is 7.65. The van der Waals surface area contributed by atoms with Crippen molar-refractivity contribution in [2.24, 2.45) is 0 Å². The van der Waals surface area contributed by atoms with Crippen LogP contribution in [0.5, 0.6) is 0 Å². The van der Waals surface area contributed by atoms with Crippen LogP contribution in [-0.2, 0) is 4.79 Å². The van der Waals surface area contributed by atoms with Gasteiger partial charge in [0.05, 0.1) is 5.69 Å². The van der Waals surface area contributed by atoms with Crippen LogP contribution < -0.4 is 5.32 Å². The second-order valence-electron chi connectivity index (χ2n) is 6.51. The number of nitrogens with one attached hydrogen (secondary N) is 1. The maximum atomic E-state index is 12.3. The minimum atomic E-state index is -0.00616. The highest BCUT2D eigenvalue weighted by Crippen LogP contribution is 2.29. The predicted molar refractivity (Wildman–Crippen MR) is 78.6 cm³/mol. The van der Waals surface area contributed by atoms with E-state index in [-0.39, 0.29) is 17.4 Å². The molecule has 1 atom stereocenters. The van der Waals surface area contributed by atoms with Crippen molar-refractivity contribution >= 4 is 5.91 Å². The fourth-order valence-electron chi connectivity index (χ4n) is 3.42. The number of aromatic nitrogens is 1. The summed E-state index contributed by atoms with van der Waals surface area (Å²) in [7, 11) is 0. The first-order chi connectivity index (χ1) is 9.41. The molecule has 0 aliphatic heterocycles. The van der Waals surface area contributed by atoms with Gasteiger partial charge in [0.1, 0.15) is 5.76 Å². The summed E-state index contributed by atoms with van der Waals surface area (Å²) in [5.41, 5.74) is 1.97. The Bertz CT molecular complexity index is 453. The highest BCUT2D eigenvalue weighted by Gasteiger charge is 2.29. The molecule has 4 nitrogen and oxygen atoms in total. The minimum absolute atomic E-state index is 0.00616. The zero-order chi connectivity index (χ0) is 14.8. The van der Waals surface area contributed by atoms with Crippen molar-refractivity contribution in [2.75, 3.05) is 0 Å². The van der Waals surface area contributed by atoms with Crippen LogP contribution in [0.25, 0.3) is 0 Å². The molecule has 0 spiro atoms. The Hall–Kier alpha value is -1.32. The molecule has 1 aliphatic carbocycles. The average Bonchev–Trinajstić information content (AvgIpc) is 2.68. The van der Waals surface area contributed by atoms with Crippen molar-refractivity contribution < 1.29 is 9.32 Å². The lowest BCUT2D eigenvalue weighted by atomic mass is 9.83. The highest BCUT2D eigenvalue weighted by molar-refractivity contribution is 5.77. The smallest absolute Gasteiger partial charge is 0.221 e. The third-order valence-corrected chi connectivity index (χ3v) is 4.47. The molecule has 0 bridgehead atoms. The van der Waals surface area contributed by atoms with Gasteiger partial charge in [0.2, 0.25) is 5.91 Å². The summed E-state index contributed by atoms with van der Waals surface area (Å²) in [5.74, 6) is 1.11. The molecule has 4 heteroatoms. The van der Waals surface area contributed by atoms with Crippen LogP contribution >= 0.6 is 0 Å². The molecule has 1 fully saturated rings. The minimum Gasteiger partial charge on any atom is -0.361 e. The van der Waals surface area contributed by atoms with E-state index in [4.69, 9.17) is 4.52 Å². The molecular weight excluding hydrogens is 252 g/mol.